The molecule has 1 N–H and O–H groups in total. The van der Waals surface area contributed by atoms with Crippen LogP contribution in [0.25, 0.3) is 10.6 Å². The number of methoxy groups -OCH3 is 1. The summed E-state index contributed by atoms with van der Waals surface area (Å²) in [4.78, 5) is 3.86. The zero-order valence-electron chi connectivity index (χ0n) is 17.9. The molecule has 2 aliphatic rings. The van der Waals surface area contributed by atoms with Crippen molar-refractivity contribution in [1.29, 1.82) is 0 Å². The fourth-order valence-electron chi connectivity index (χ4n) is 4.84. The molecular formula is C20H27BClFN4O3S. The molecule has 1 aromatic heterocycles. The minimum atomic E-state index is -1.07. The number of nitrogens with zero attached hydrogens (tertiary/aromatic N) is 4. The molecule has 31 heavy (non-hydrogen) atoms. The monoisotopic (exact) mass is 468 g/mol. The minimum absolute atomic E-state index is 0.0903. The molecule has 2 aromatic rings. The Bertz CT molecular complexity index is 907. The van der Waals surface area contributed by atoms with Crippen molar-refractivity contribution in [2.75, 3.05) is 25.9 Å². The van der Waals surface area contributed by atoms with Gasteiger partial charge in [0.15, 0.2) is 11.8 Å². The van der Waals surface area contributed by atoms with Crippen molar-refractivity contribution in [1.82, 2.24) is 15.0 Å². The summed E-state index contributed by atoms with van der Waals surface area (Å²) in [6.45, 7) is 1.82. The summed E-state index contributed by atoms with van der Waals surface area (Å²) in [5.74, 6) is 0.558. The fourth-order valence-corrected chi connectivity index (χ4v) is 5.89. The number of rotatable bonds is 7. The van der Waals surface area contributed by atoms with Gasteiger partial charge in [0, 0.05) is 31.3 Å². The maximum Gasteiger partial charge on any atom is 0.376 e. The van der Waals surface area contributed by atoms with E-state index in [1.54, 1.807) is 26.1 Å². The summed E-state index contributed by atoms with van der Waals surface area (Å²) in [6, 6.07) is 4.92. The molecule has 2 fully saturated rings. The van der Waals surface area contributed by atoms with Gasteiger partial charge in [0.1, 0.15) is 11.9 Å². The van der Waals surface area contributed by atoms with E-state index < -0.39 is 13.2 Å². The zero-order valence-corrected chi connectivity index (χ0v) is 19.4. The number of alkyl halides is 1. The van der Waals surface area contributed by atoms with Crippen molar-refractivity contribution in [3.05, 3.63) is 23.2 Å². The van der Waals surface area contributed by atoms with Crippen LogP contribution < -0.4 is 9.64 Å². The van der Waals surface area contributed by atoms with Crippen LogP contribution in [-0.2, 0) is 4.74 Å². The van der Waals surface area contributed by atoms with Crippen LogP contribution in [-0.4, -0.2) is 72.3 Å². The van der Waals surface area contributed by atoms with Crippen LogP contribution in [0.3, 0.4) is 0 Å². The fraction of sp³-hybridized carbons (Fsp3) is 0.600. The van der Waals surface area contributed by atoms with Crippen LogP contribution in [0.15, 0.2) is 18.2 Å². The number of hydrogen-bond acceptors (Lipinski definition) is 8. The number of hydrogen-bond donors (Lipinski definition) is 1. The quantitative estimate of drug-likeness (QED) is 0.490. The molecule has 0 aliphatic carbocycles. The van der Waals surface area contributed by atoms with Crippen molar-refractivity contribution < 1.29 is 18.9 Å². The molecule has 2 saturated heterocycles. The molecule has 0 saturated carbocycles. The van der Waals surface area contributed by atoms with Crippen molar-refractivity contribution in [2.45, 2.75) is 56.8 Å². The molecule has 0 amide bonds. The maximum atomic E-state index is 15.6. The van der Waals surface area contributed by atoms with Gasteiger partial charge in [0.05, 0.1) is 11.6 Å². The molecule has 7 nitrogen and oxygen atoms in total. The number of ether oxygens (including phenoxy) is 2. The second kappa shape index (κ2) is 9.58. The normalized spacial score (nSPS) is 26.0. The summed E-state index contributed by atoms with van der Waals surface area (Å²) in [6.07, 6.45) is 2.32. The summed E-state index contributed by atoms with van der Waals surface area (Å²) in [7, 11) is 2.79. The first-order chi connectivity index (χ1) is 14.9. The predicted octanol–water partition coefficient (Wildman–Crippen LogP) is 3.72. The molecule has 3 heterocycles. The van der Waals surface area contributed by atoms with E-state index >= 15 is 4.39 Å². The lowest BCUT2D eigenvalue weighted by Gasteiger charge is -2.52. The van der Waals surface area contributed by atoms with Crippen LogP contribution in [0.2, 0.25) is 11.8 Å². The molecule has 0 spiro atoms. The van der Waals surface area contributed by atoms with Crippen LogP contribution in [0.1, 0.15) is 25.7 Å². The summed E-state index contributed by atoms with van der Waals surface area (Å²) in [5, 5.41) is 20.7. The molecule has 0 radical (unpaired) electrons. The molecule has 4 atom stereocenters. The van der Waals surface area contributed by atoms with Gasteiger partial charge in [-0.15, -0.1) is 10.2 Å². The third kappa shape index (κ3) is 4.54. The number of benzene rings is 1. The number of halogens is 2. The maximum absolute atomic E-state index is 15.6. The van der Waals surface area contributed by atoms with Crippen LogP contribution >= 0.6 is 22.9 Å². The Morgan fingerprint density at radius 1 is 1.39 bits per heavy atom. The average molecular weight is 469 g/mol. The van der Waals surface area contributed by atoms with E-state index in [1.807, 2.05) is 22.8 Å². The highest BCUT2D eigenvalue weighted by Gasteiger charge is 2.49. The number of aromatic nitrogens is 2. The summed E-state index contributed by atoms with van der Waals surface area (Å²) < 4.78 is 26.2. The lowest BCUT2D eigenvalue weighted by atomic mass is 9.70. The molecule has 168 valence electrons. The highest BCUT2D eigenvalue weighted by atomic mass is 35.5. The number of piperidine rings is 2. The van der Waals surface area contributed by atoms with E-state index in [0.29, 0.717) is 27.3 Å². The van der Waals surface area contributed by atoms with Crippen molar-refractivity contribution in [3.8, 4) is 16.3 Å². The highest BCUT2D eigenvalue weighted by Crippen LogP contribution is 2.41. The van der Waals surface area contributed by atoms with Gasteiger partial charge >= 0.3 is 7.05 Å². The van der Waals surface area contributed by atoms with E-state index in [2.05, 4.69) is 10.2 Å². The molecule has 2 unspecified atom stereocenters. The second-order valence-corrected chi connectivity index (χ2v) is 9.56. The number of fused-ring (bicyclic) bond motifs is 2. The molecule has 4 rings (SSSR count). The first-order valence-corrected chi connectivity index (χ1v) is 11.7. The van der Waals surface area contributed by atoms with Gasteiger partial charge in [-0.05, 0) is 44.3 Å². The van der Waals surface area contributed by atoms with Crippen molar-refractivity contribution >= 4 is 35.1 Å². The largest absolute Gasteiger partial charge is 0.467 e. The lowest BCUT2D eigenvalue weighted by molar-refractivity contribution is 0.0204. The van der Waals surface area contributed by atoms with Gasteiger partial charge in [-0.3, -0.25) is 0 Å². The van der Waals surface area contributed by atoms with E-state index in [1.165, 1.54) is 11.3 Å². The summed E-state index contributed by atoms with van der Waals surface area (Å²) >= 11 is 7.50. The van der Waals surface area contributed by atoms with Gasteiger partial charge in [-0.1, -0.05) is 29.4 Å². The Hall–Kier alpha value is -1.46. The summed E-state index contributed by atoms with van der Waals surface area (Å²) in [5.41, 5.74) is 0.760. The van der Waals surface area contributed by atoms with Gasteiger partial charge in [0.2, 0.25) is 5.13 Å². The van der Waals surface area contributed by atoms with E-state index in [-0.39, 0.29) is 24.9 Å². The van der Waals surface area contributed by atoms with Crippen molar-refractivity contribution in [3.63, 3.8) is 0 Å². The van der Waals surface area contributed by atoms with E-state index in [9.17, 15) is 5.02 Å². The Kier molecular flexibility index (Phi) is 7.02. The van der Waals surface area contributed by atoms with Crippen LogP contribution in [0.5, 0.6) is 5.75 Å². The molecule has 1 aromatic carbocycles. The van der Waals surface area contributed by atoms with Gasteiger partial charge in [-0.25, -0.2) is 4.39 Å². The Morgan fingerprint density at radius 2 is 2.19 bits per heavy atom. The minimum Gasteiger partial charge on any atom is -0.467 e. The first kappa shape index (κ1) is 22.7. The lowest BCUT2D eigenvalue weighted by Crippen LogP contribution is -2.66. The van der Waals surface area contributed by atoms with Gasteiger partial charge in [0.25, 0.3) is 0 Å². The van der Waals surface area contributed by atoms with Crippen LogP contribution in [0.4, 0.5) is 9.52 Å². The van der Waals surface area contributed by atoms with Gasteiger partial charge in [-0.2, -0.15) is 0 Å². The zero-order chi connectivity index (χ0) is 22.1. The molecule has 11 heteroatoms. The van der Waals surface area contributed by atoms with Gasteiger partial charge < -0.3 is 24.2 Å². The van der Waals surface area contributed by atoms with Crippen LogP contribution in [0, 0.1) is 0 Å². The smallest absolute Gasteiger partial charge is 0.376 e. The molecular weight excluding hydrogens is 442 g/mol. The Morgan fingerprint density at radius 3 is 2.94 bits per heavy atom. The molecule has 2 aliphatic heterocycles. The highest BCUT2D eigenvalue weighted by molar-refractivity contribution is 7.18. The Labute approximate surface area is 191 Å². The third-order valence-corrected chi connectivity index (χ3v) is 7.52. The topological polar surface area (TPSA) is 71.0 Å². The Balaban J connectivity index is 1.56. The average Bonchev–Trinajstić information content (AvgIpc) is 3.24. The van der Waals surface area contributed by atoms with E-state index in [0.717, 1.165) is 24.8 Å². The first-order valence-electron chi connectivity index (χ1n) is 10.5. The predicted molar refractivity (Wildman–Crippen MR) is 122 cm³/mol. The molecule has 2 bridgehead atoms. The third-order valence-electron chi connectivity index (χ3n) is 6.24. The van der Waals surface area contributed by atoms with Crippen molar-refractivity contribution in [2.24, 2.45) is 0 Å². The standard InChI is InChI=1S/C20H27BClFN4O3S/c1-21(28)27-13-5-4-6-15(27)18(23)16(10-13)26(2)20-25-24-19(31-20)14-8-7-12(22)9-17(14)30-11-29-3/h7-9,13,15-16,18,28H,4-6,10-11H2,1-3H3/t13?,15?,16-,18+/m1/s1. The number of anilines is 1. The van der Waals surface area contributed by atoms with E-state index in [4.69, 9.17) is 21.1 Å². The second-order valence-electron chi connectivity index (χ2n) is 8.17. The SMILES string of the molecule is COCOc1cc(Cl)ccc1-c1nnc(N(C)[C@@H]2CC3CCCC([C@@H]2F)N3B(C)O)s1.